The Morgan fingerprint density at radius 1 is 0.609 bits per heavy atom. The molecule has 314 valence electrons. The quantitative estimate of drug-likeness (QED) is 0.173. The van der Waals surface area contributed by atoms with E-state index in [9.17, 15) is 30.3 Å². The van der Waals surface area contributed by atoms with E-state index in [1.807, 2.05) is 42.5 Å². The molecular weight excluding hydrogens is 849 g/mol. The Kier molecular flexibility index (Phi) is 10.4. The monoisotopic (exact) mass is 882 g/mol. The minimum Gasteiger partial charge on any atom is -0.492 e. The third-order valence-electron chi connectivity index (χ3n) is 11.4. The first kappa shape index (κ1) is 40.0. The molecule has 0 atom stereocenters. The zero-order chi connectivity index (χ0) is 43.9. The van der Waals surface area contributed by atoms with Gasteiger partial charge in [0.1, 0.15) is 37.9 Å². The minimum atomic E-state index is -0.235. The number of carbonyl (C=O) groups excluding carboxylic acids is 2. The molecule has 0 saturated carbocycles. The molecule has 2 aliphatic heterocycles. The van der Waals surface area contributed by atoms with Crippen molar-refractivity contribution in [3.8, 4) is 58.1 Å². The Morgan fingerprint density at radius 3 is 1.78 bits per heavy atom. The molecule has 2 aromatic carbocycles. The van der Waals surface area contributed by atoms with Gasteiger partial charge in [-0.1, -0.05) is 24.3 Å². The van der Waals surface area contributed by atoms with Gasteiger partial charge in [-0.15, -0.1) is 22.7 Å². The number of nitriles is 2. The number of nitrogens with zero attached hydrogens (tertiary/aromatic N) is 12. The van der Waals surface area contributed by atoms with Crippen LogP contribution in [0.5, 0.6) is 11.8 Å². The fraction of sp³-hybridized carbons (Fsp3) is 0.174. The fourth-order valence-electron chi connectivity index (χ4n) is 8.04. The third-order valence-corrected chi connectivity index (χ3v) is 13.3. The summed E-state index contributed by atoms with van der Waals surface area (Å²) in [4.78, 5) is 62.1. The van der Waals surface area contributed by atoms with Gasteiger partial charge in [0.2, 0.25) is 11.8 Å². The number of aromatic hydroxyl groups is 2. The number of pyridine rings is 2. The lowest BCUT2D eigenvalue weighted by Gasteiger charge is -2.36. The number of hydrogen-bond donors (Lipinski definition) is 2. The predicted molar refractivity (Wildman–Crippen MR) is 242 cm³/mol. The van der Waals surface area contributed by atoms with Crippen molar-refractivity contribution >= 4 is 66.3 Å². The topological polar surface area (TPSA) is 212 Å². The van der Waals surface area contributed by atoms with Gasteiger partial charge in [-0.05, 0) is 54.1 Å². The van der Waals surface area contributed by atoms with Gasteiger partial charge in [0.25, 0.3) is 11.8 Å². The van der Waals surface area contributed by atoms with Gasteiger partial charge >= 0.3 is 0 Å². The third kappa shape index (κ3) is 7.40. The van der Waals surface area contributed by atoms with Crippen LogP contribution in [0.4, 0.5) is 11.4 Å². The van der Waals surface area contributed by atoms with Gasteiger partial charge in [0.15, 0.2) is 11.6 Å². The van der Waals surface area contributed by atoms with Gasteiger partial charge in [0, 0.05) is 86.8 Å². The molecule has 0 bridgehead atoms. The highest BCUT2D eigenvalue weighted by molar-refractivity contribution is 7.18. The SMILES string of the molecule is N#Cc1cccc(N2CCN(C(=O)c3csc4c(O)nc(-c5ccc(-c6ccc(N7CCN(C(=O)c8csc9c(O)nc(-c%10ccccn%10)nc89)CC7)c(C#N)c6)cn5)nc34)CC2)c1. The van der Waals surface area contributed by atoms with Crippen LogP contribution in [0.3, 0.4) is 0 Å². The maximum absolute atomic E-state index is 13.8. The van der Waals surface area contributed by atoms with Crippen LogP contribution in [0.2, 0.25) is 0 Å². The zero-order valence-corrected chi connectivity index (χ0v) is 35.4. The van der Waals surface area contributed by atoms with Crippen molar-refractivity contribution in [3.63, 3.8) is 0 Å². The van der Waals surface area contributed by atoms with Crippen LogP contribution >= 0.6 is 22.7 Å². The number of benzene rings is 2. The number of thiophene rings is 2. The molecule has 2 saturated heterocycles. The maximum atomic E-state index is 13.8. The molecule has 2 N–H and O–H groups in total. The molecule has 0 unspecified atom stereocenters. The summed E-state index contributed by atoms with van der Waals surface area (Å²) in [5.41, 5.74) is 6.69. The van der Waals surface area contributed by atoms with E-state index in [0.29, 0.717) is 106 Å². The first-order valence-electron chi connectivity index (χ1n) is 20.2. The largest absolute Gasteiger partial charge is 0.492 e. The number of fused-ring (bicyclic) bond motifs is 2. The molecule has 10 rings (SSSR count). The zero-order valence-electron chi connectivity index (χ0n) is 33.8. The van der Waals surface area contributed by atoms with E-state index in [1.54, 1.807) is 63.3 Å². The van der Waals surface area contributed by atoms with Crippen LogP contribution in [-0.2, 0) is 0 Å². The molecular formula is C46H34N12O4S2. The Morgan fingerprint density at radius 2 is 1.22 bits per heavy atom. The van der Waals surface area contributed by atoms with Gasteiger partial charge < -0.3 is 29.8 Å². The van der Waals surface area contributed by atoms with E-state index < -0.39 is 0 Å². The summed E-state index contributed by atoms with van der Waals surface area (Å²) >= 11 is 2.43. The van der Waals surface area contributed by atoms with Crippen molar-refractivity contribution in [2.75, 3.05) is 62.2 Å². The van der Waals surface area contributed by atoms with E-state index in [4.69, 9.17) is 4.98 Å². The van der Waals surface area contributed by atoms with E-state index in [2.05, 4.69) is 46.9 Å². The van der Waals surface area contributed by atoms with Crippen LogP contribution in [0.15, 0.2) is 96.0 Å². The smallest absolute Gasteiger partial charge is 0.257 e. The van der Waals surface area contributed by atoms with Crippen molar-refractivity contribution in [2.45, 2.75) is 0 Å². The normalized spacial score (nSPS) is 14.2. The number of rotatable bonds is 7. The molecule has 0 radical (unpaired) electrons. The highest BCUT2D eigenvalue weighted by atomic mass is 32.1. The average molecular weight is 883 g/mol. The summed E-state index contributed by atoms with van der Waals surface area (Å²) in [5, 5.41) is 44.5. The number of amides is 2. The molecule has 2 aliphatic rings. The molecule has 8 heterocycles. The molecule has 6 aromatic heterocycles. The standard InChI is InChI=1S/C46H34N12O4S2/c47-22-27-4-3-5-31(20-27)55-12-16-57(17-13-55)45(61)33-26-64-40-38(33)52-42(54-44(40)60)35-9-7-29(24-50-35)28-8-10-36(30(21-28)23-48)56-14-18-58(19-15-56)46(62)32-25-63-39-37(32)51-41(53-43(39)59)34-6-1-2-11-49-34/h1-11,20-21,24-26H,12-19H2,(H,51,53,59)(H,52,54,60). The van der Waals surface area contributed by atoms with E-state index >= 15 is 0 Å². The molecule has 0 aliphatic carbocycles. The number of carbonyl (C=O) groups is 2. The molecule has 0 spiro atoms. The van der Waals surface area contributed by atoms with Gasteiger partial charge in [0.05, 0.1) is 34.0 Å². The first-order chi connectivity index (χ1) is 31.3. The van der Waals surface area contributed by atoms with E-state index in [1.165, 1.54) is 22.7 Å². The number of piperazine rings is 2. The van der Waals surface area contributed by atoms with Gasteiger partial charge in [-0.25, -0.2) is 9.97 Å². The van der Waals surface area contributed by atoms with Crippen LogP contribution in [0, 0.1) is 22.7 Å². The summed E-state index contributed by atoms with van der Waals surface area (Å²) in [6.45, 7) is 4.02. The Balaban J connectivity index is 0.812. The van der Waals surface area contributed by atoms with Crippen molar-refractivity contribution in [1.82, 2.24) is 39.7 Å². The molecule has 2 amide bonds. The van der Waals surface area contributed by atoms with Crippen molar-refractivity contribution in [2.24, 2.45) is 0 Å². The highest BCUT2D eigenvalue weighted by Crippen LogP contribution is 2.36. The van der Waals surface area contributed by atoms with Gasteiger partial charge in [-0.3, -0.25) is 19.6 Å². The summed E-state index contributed by atoms with van der Waals surface area (Å²) in [6, 6.07) is 26.5. The second kappa shape index (κ2) is 16.7. The lowest BCUT2D eigenvalue weighted by molar-refractivity contribution is 0.0741. The molecule has 16 nitrogen and oxygen atoms in total. The number of aromatic nitrogens is 6. The van der Waals surface area contributed by atoms with Crippen molar-refractivity contribution in [1.29, 1.82) is 10.5 Å². The summed E-state index contributed by atoms with van der Waals surface area (Å²) in [7, 11) is 0. The Labute approximate surface area is 373 Å². The molecule has 8 aromatic rings. The van der Waals surface area contributed by atoms with E-state index in [0.717, 1.165) is 22.5 Å². The van der Waals surface area contributed by atoms with Crippen LogP contribution in [0.1, 0.15) is 31.8 Å². The molecule has 2 fully saturated rings. The highest BCUT2D eigenvalue weighted by Gasteiger charge is 2.29. The van der Waals surface area contributed by atoms with Crippen molar-refractivity contribution < 1.29 is 19.8 Å². The fourth-order valence-corrected chi connectivity index (χ4v) is 9.78. The number of anilines is 2. The predicted octanol–water partition coefficient (Wildman–Crippen LogP) is 6.57. The van der Waals surface area contributed by atoms with Crippen LogP contribution in [0.25, 0.3) is 54.6 Å². The summed E-state index contributed by atoms with van der Waals surface area (Å²) < 4.78 is 0.847. The average Bonchev–Trinajstić information content (AvgIpc) is 3.99. The summed E-state index contributed by atoms with van der Waals surface area (Å²) in [5.74, 6) is -0.405. The molecule has 64 heavy (non-hydrogen) atoms. The Hall–Kier alpha value is -8.06. The van der Waals surface area contributed by atoms with Crippen LogP contribution in [-0.4, -0.2) is 114 Å². The minimum absolute atomic E-state index is 0.171. The van der Waals surface area contributed by atoms with Crippen molar-refractivity contribution in [3.05, 3.63) is 118 Å². The number of hydrogen-bond acceptors (Lipinski definition) is 16. The van der Waals surface area contributed by atoms with Crippen LogP contribution < -0.4 is 9.80 Å². The lowest BCUT2D eigenvalue weighted by Crippen LogP contribution is -2.49. The second-order valence-electron chi connectivity index (χ2n) is 15.1. The Bertz CT molecular complexity index is 3200. The second-order valence-corrected chi connectivity index (χ2v) is 16.9. The summed E-state index contributed by atoms with van der Waals surface area (Å²) in [6.07, 6.45) is 3.27. The first-order valence-corrected chi connectivity index (χ1v) is 22.0. The van der Waals surface area contributed by atoms with E-state index in [-0.39, 0.29) is 35.2 Å². The molecule has 18 heteroatoms. The lowest BCUT2D eigenvalue weighted by atomic mass is 10.0. The maximum Gasteiger partial charge on any atom is 0.257 e. The van der Waals surface area contributed by atoms with Gasteiger partial charge in [-0.2, -0.15) is 20.5 Å².